The van der Waals surface area contributed by atoms with Crippen LogP contribution in [-0.4, -0.2) is 37.0 Å². The third-order valence-corrected chi connectivity index (χ3v) is 3.45. The van der Waals surface area contributed by atoms with Crippen LogP contribution in [0.5, 0.6) is 0 Å². The monoisotopic (exact) mass is 182 g/mol. The lowest BCUT2D eigenvalue weighted by atomic mass is 10.2. The Hall–Kier alpha value is -0.570. The van der Waals surface area contributed by atoms with E-state index in [1.54, 1.807) is 0 Å². The maximum atomic E-state index is 11.9. The van der Waals surface area contributed by atoms with E-state index in [2.05, 4.69) is 19.2 Å². The topological polar surface area (TPSA) is 32.3 Å². The van der Waals surface area contributed by atoms with E-state index in [4.69, 9.17) is 0 Å². The van der Waals surface area contributed by atoms with Crippen molar-refractivity contribution in [2.75, 3.05) is 26.2 Å². The largest absolute Gasteiger partial charge is 0.343 e. The Morgan fingerprint density at radius 3 is 2.31 bits per heavy atom. The average molecular weight is 182 g/mol. The second kappa shape index (κ2) is 3.29. The molecule has 1 heterocycles. The zero-order chi connectivity index (χ0) is 9.42. The van der Waals surface area contributed by atoms with E-state index in [0.29, 0.717) is 23.7 Å². The molecule has 0 spiro atoms. The van der Waals surface area contributed by atoms with Crippen molar-refractivity contribution < 1.29 is 4.79 Å². The molecule has 1 aliphatic heterocycles. The van der Waals surface area contributed by atoms with Gasteiger partial charge in [-0.05, 0) is 38.8 Å². The Labute approximate surface area is 79.5 Å². The highest BCUT2D eigenvalue weighted by molar-refractivity contribution is 5.82. The first-order valence-electron chi connectivity index (χ1n) is 5.29. The van der Waals surface area contributed by atoms with Crippen LogP contribution in [0.1, 0.15) is 13.8 Å². The smallest absolute Gasteiger partial charge is 0.226 e. The summed E-state index contributed by atoms with van der Waals surface area (Å²) in [5.74, 6) is 2.07. The molecule has 0 radical (unpaired) electrons. The van der Waals surface area contributed by atoms with Gasteiger partial charge in [0, 0.05) is 19.0 Å². The fourth-order valence-corrected chi connectivity index (χ4v) is 2.53. The molecule has 1 amide bonds. The van der Waals surface area contributed by atoms with Crippen molar-refractivity contribution in [3.63, 3.8) is 0 Å². The molecule has 2 fully saturated rings. The van der Waals surface area contributed by atoms with Crippen molar-refractivity contribution in [3.8, 4) is 0 Å². The highest BCUT2D eigenvalue weighted by Gasteiger charge is 2.57. The molecule has 2 rings (SSSR count). The van der Waals surface area contributed by atoms with Gasteiger partial charge in [0.2, 0.25) is 5.91 Å². The van der Waals surface area contributed by atoms with Crippen LogP contribution in [0.25, 0.3) is 0 Å². The van der Waals surface area contributed by atoms with E-state index in [0.717, 1.165) is 26.2 Å². The Morgan fingerprint density at radius 2 is 1.85 bits per heavy atom. The lowest BCUT2D eigenvalue weighted by Crippen LogP contribution is -2.34. The van der Waals surface area contributed by atoms with Gasteiger partial charge < -0.3 is 10.2 Å². The second-order valence-corrected chi connectivity index (χ2v) is 4.02. The molecule has 0 aromatic carbocycles. The van der Waals surface area contributed by atoms with Crippen molar-refractivity contribution >= 4 is 5.91 Å². The van der Waals surface area contributed by atoms with Crippen molar-refractivity contribution in [2.24, 2.45) is 17.8 Å². The van der Waals surface area contributed by atoms with Crippen LogP contribution in [-0.2, 0) is 4.79 Å². The number of carbonyl (C=O) groups excluding carboxylic acids is 1. The fourth-order valence-electron chi connectivity index (χ4n) is 2.53. The first kappa shape index (κ1) is 9.00. The lowest BCUT2D eigenvalue weighted by molar-refractivity contribution is -0.132. The maximum absolute atomic E-state index is 11.9. The summed E-state index contributed by atoms with van der Waals surface area (Å²) >= 11 is 0. The third kappa shape index (κ3) is 1.35. The van der Waals surface area contributed by atoms with E-state index in [1.165, 1.54) is 0 Å². The van der Waals surface area contributed by atoms with Gasteiger partial charge in [0.1, 0.15) is 0 Å². The number of hydrogen-bond acceptors (Lipinski definition) is 2. The Morgan fingerprint density at radius 1 is 1.31 bits per heavy atom. The van der Waals surface area contributed by atoms with Gasteiger partial charge in [0.25, 0.3) is 0 Å². The highest BCUT2D eigenvalue weighted by atomic mass is 16.2. The molecule has 0 unspecified atom stereocenters. The Kier molecular flexibility index (Phi) is 2.28. The maximum Gasteiger partial charge on any atom is 0.226 e. The summed E-state index contributed by atoms with van der Waals surface area (Å²) < 4.78 is 0. The van der Waals surface area contributed by atoms with E-state index < -0.39 is 0 Å². The number of hydrogen-bond donors (Lipinski definition) is 1. The summed E-state index contributed by atoms with van der Waals surface area (Å²) in [5, 5.41) is 3.31. The normalized spacial score (nSPS) is 35.7. The number of nitrogens with zero attached hydrogens (tertiary/aromatic N) is 1. The summed E-state index contributed by atoms with van der Waals surface area (Å²) in [7, 11) is 0. The molecule has 0 aromatic heterocycles. The average Bonchev–Trinajstić information content (AvgIpc) is 2.62. The van der Waals surface area contributed by atoms with Gasteiger partial charge in [-0.25, -0.2) is 0 Å². The van der Waals surface area contributed by atoms with Gasteiger partial charge in [0.05, 0.1) is 0 Å². The van der Waals surface area contributed by atoms with Crippen LogP contribution < -0.4 is 5.32 Å². The standard InChI is InChI=1S/C10H18N2O/c1-3-12(4-2)10(13)9-7-5-11-6-8(7)9/h7-9,11H,3-6H2,1-2H3/t7-,8+,9+. The molecule has 3 nitrogen and oxygen atoms in total. The van der Waals surface area contributed by atoms with E-state index in [9.17, 15) is 4.79 Å². The minimum Gasteiger partial charge on any atom is -0.343 e. The molecule has 1 N–H and O–H groups in total. The van der Waals surface area contributed by atoms with Crippen LogP contribution in [0.4, 0.5) is 0 Å². The molecule has 3 heteroatoms. The predicted molar refractivity (Wildman–Crippen MR) is 51.3 cm³/mol. The number of rotatable bonds is 3. The predicted octanol–water partition coefficient (Wildman–Crippen LogP) is 0.320. The van der Waals surface area contributed by atoms with Crippen LogP contribution in [0.3, 0.4) is 0 Å². The molecule has 0 aromatic rings. The van der Waals surface area contributed by atoms with E-state index in [1.807, 2.05) is 4.90 Å². The molecule has 0 bridgehead atoms. The summed E-state index contributed by atoms with van der Waals surface area (Å²) in [6.07, 6.45) is 0. The fraction of sp³-hybridized carbons (Fsp3) is 0.900. The van der Waals surface area contributed by atoms with Crippen molar-refractivity contribution in [2.45, 2.75) is 13.8 Å². The quantitative estimate of drug-likeness (QED) is 0.682. The minimum absolute atomic E-state index is 0.362. The molecule has 1 saturated heterocycles. The molecular formula is C10H18N2O. The summed E-state index contributed by atoms with van der Waals surface area (Å²) in [5.41, 5.74) is 0. The number of carbonyl (C=O) groups is 1. The van der Waals surface area contributed by atoms with Gasteiger partial charge in [0.15, 0.2) is 0 Å². The summed E-state index contributed by atoms with van der Waals surface area (Å²) in [4.78, 5) is 13.8. The lowest BCUT2D eigenvalue weighted by Gasteiger charge is -2.19. The van der Waals surface area contributed by atoms with Crippen molar-refractivity contribution in [1.82, 2.24) is 10.2 Å². The number of piperidine rings is 1. The van der Waals surface area contributed by atoms with Gasteiger partial charge >= 0.3 is 0 Å². The number of amides is 1. The van der Waals surface area contributed by atoms with Crippen LogP contribution in [0.2, 0.25) is 0 Å². The van der Waals surface area contributed by atoms with Crippen LogP contribution in [0, 0.1) is 17.8 Å². The van der Waals surface area contributed by atoms with Gasteiger partial charge in [-0.1, -0.05) is 0 Å². The number of nitrogens with one attached hydrogen (secondary N) is 1. The second-order valence-electron chi connectivity index (χ2n) is 4.02. The van der Waals surface area contributed by atoms with Crippen molar-refractivity contribution in [3.05, 3.63) is 0 Å². The minimum atomic E-state index is 0.362. The molecule has 1 saturated carbocycles. The first-order chi connectivity index (χ1) is 6.29. The van der Waals surface area contributed by atoms with Gasteiger partial charge in [-0.3, -0.25) is 4.79 Å². The third-order valence-electron chi connectivity index (χ3n) is 3.45. The molecule has 3 atom stereocenters. The Balaban J connectivity index is 1.91. The molecule has 1 aliphatic carbocycles. The zero-order valence-electron chi connectivity index (χ0n) is 8.42. The Bertz CT molecular complexity index is 203. The molecule has 74 valence electrons. The number of fused-ring (bicyclic) bond motifs is 1. The van der Waals surface area contributed by atoms with Crippen LogP contribution in [0.15, 0.2) is 0 Å². The van der Waals surface area contributed by atoms with E-state index in [-0.39, 0.29) is 0 Å². The summed E-state index contributed by atoms with van der Waals surface area (Å²) in [6, 6.07) is 0. The summed E-state index contributed by atoms with van der Waals surface area (Å²) in [6.45, 7) is 7.94. The molecule has 13 heavy (non-hydrogen) atoms. The van der Waals surface area contributed by atoms with Gasteiger partial charge in [-0.2, -0.15) is 0 Å². The molecular weight excluding hydrogens is 164 g/mol. The van der Waals surface area contributed by atoms with Crippen molar-refractivity contribution in [1.29, 1.82) is 0 Å². The SMILES string of the molecule is CCN(CC)C(=O)[C@H]1[C@@H]2CNC[C@@H]21. The zero-order valence-corrected chi connectivity index (χ0v) is 8.42. The van der Waals surface area contributed by atoms with Crippen LogP contribution >= 0.6 is 0 Å². The highest BCUT2D eigenvalue weighted by Crippen LogP contribution is 2.49. The van der Waals surface area contributed by atoms with Gasteiger partial charge in [-0.15, -0.1) is 0 Å². The molecule has 2 aliphatic rings. The van der Waals surface area contributed by atoms with E-state index >= 15 is 0 Å². The first-order valence-corrected chi connectivity index (χ1v) is 5.29.